The van der Waals surface area contributed by atoms with Gasteiger partial charge in [0.2, 0.25) is 0 Å². The third kappa shape index (κ3) is 3.29. The highest BCUT2D eigenvalue weighted by atomic mass is 35.5. The van der Waals surface area contributed by atoms with Gasteiger partial charge in [0.1, 0.15) is 11.8 Å². The van der Waals surface area contributed by atoms with Crippen molar-refractivity contribution >= 4 is 29.3 Å². The molecule has 3 atom stereocenters. The van der Waals surface area contributed by atoms with E-state index in [1.54, 1.807) is 7.11 Å². The molecule has 6 heteroatoms. The first-order valence-electron chi connectivity index (χ1n) is 10.3. The summed E-state index contributed by atoms with van der Waals surface area (Å²) in [7, 11) is 1.70. The third-order valence-corrected chi connectivity index (χ3v) is 6.75. The van der Waals surface area contributed by atoms with Gasteiger partial charge in [0.25, 0.3) is 0 Å². The predicted octanol–water partition coefficient (Wildman–Crippen LogP) is 4.57. The first-order valence-corrected chi connectivity index (χ1v) is 10.3. The quantitative estimate of drug-likeness (QED) is 0.758. The largest absolute Gasteiger partial charge is 0.497 e. The van der Waals surface area contributed by atoms with Crippen LogP contribution in [0.15, 0.2) is 18.2 Å². The summed E-state index contributed by atoms with van der Waals surface area (Å²) in [5.41, 5.74) is 3.43. The van der Waals surface area contributed by atoms with Gasteiger partial charge < -0.3 is 14.5 Å². The molecule has 2 aromatic rings. The van der Waals surface area contributed by atoms with Crippen molar-refractivity contribution in [2.75, 3.05) is 26.8 Å². The van der Waals surface area contributed by atoms with Crippen LogP contribution in [0.3, 0.4) is 0 Å². The molecule has 0 spiro atoms. The van der Waals surface area contributed by atoms with Gasteiger partial charge in [-0.15, -0.1) is 12.4 Å². The van der Waals surface area contributed by atoms with Gasteiger partial charge in [0.15, 0.2) is 0 Å². The number of carbonyl (C=O) groups is 1. The van der Waals surface area contributed by atoms with E-state index >= 15 is 0 Å². The zero-order valence-electron chi connectivity index (χ0n) is 16.4. The van der Waals surface area contributed by atoms with E-state index in [-0.39, 0.29) is 24.4 Å². The van der Waals surface area contributed by atoms with Crippen molar-refractivity contribution in [3.05, 3.63) is 29.5 Å². The number of aromatic nitrogens is 1. The summed E-state index contributed by atoms with van der Waals surface area (Å²) in [4.78, 5) is 18.9. The minimum atomic E-state index is -0.291. The van der Waals surface area contributed by atoms with Crippen molar-refractivity contribution in [1.82, 2.24) is 9.88 Å². The van der Waals surface area contributed by atoms with Gasteiger partial charge in [0.05, 0.1) is 13.7 Å². The van der Waals surface area contributed by atoms with Crippen molar-refractivity contribution in [2.45, 2.75) is 50.5 Å². The first kappa shape index (κ1) is 19.6. The normalized spacial score (nSPS) is 26.5. The maximum atomic E-state index is 13.1. The van der Waals surface area contributed by atoms with Crippen molar-refractivity contribution in [3.63, 3.8) is 0 Å². The summed E-state index contributed by atoms with van der Waals surface area (Å²) in [6.07, 6.45) is 7.36. The number of carbonyl (C=O) groups excluding carboxylic acids is 1. The number of aromatic amines is 1. The molecule has 5 nitrogen and oxygen atoms in total. The molecule has 3 aliphatic rings. The van der Waals surface area contributed by atoms with Crippen LogP contribution in [0, 0.1) is 5.92 Å². The number of fused-ring (bicyclic) bond motifs is 6. The second-order valence-corrected chi connectivity index (χ2v) is 8.38. The smallest absolute Gasteiger partial charge is 0.329 e. The molecule has 28 heavy (non-hydrogen) atoms. The van der Waals surface area contributed by atoms with Gasteiger partial charge >= 0.3 is 5.97 Å². The number of rotatable bonds is 4. The molecule has 0 radical (unpaired) electrons. The second kappa shape index (κ2) is 7.96. The van der Waals surface area contributed by atoms with Crippen LogP contribution in [0.1, 0.15) is 61.7 Å². The minimum Gasteiger partial charge on any atom is -0.497 e. The van der Waals surface area contributed by atoms with E-state index in [1.165, 1.54) is 43.1 Å². The number of esters is 1. The summed E-state index contributed by atoms with van der Waals surface area (Å²) in [5, 5.41) is 1.20. The summed E-state index contributed by atoms with van der Waals surface area (Å²) < 4.78 is 11.3. The number of nitrogens with one attached hydrogen (secondary N) is 1. The summed E-state index contributed by atoms with van der Waals surface area (Å²) >= 11 is 0. The van der Waals surface area contributed by atoms with Crippen LogP contribution in [-0.2, 0) is 9.53 Å². The molecule has 1 saturated carbocycles. The van der Waals surface area contributed by atoms with E-state index < -0.39 is 0 Å². The lowest BCUT2D eigenvalue weighted by Crippen LogP contribution is -2.37. The molecular weight excluding hydrogens is 376 g/mol. The number of benzene rings is 1. The minimum absolute atomic E-state index is 0. The van der Waals surface area contributed by atoms with Gasteiger partial charge in [-0.2, -0.15) is 0 Å². The Morgan fingerprint density at radius 1 is 1.21 bits per heavy atom. The molecule has 2 aliphatic heterocycles. The zero-order valence-corrected chi connectivity index (χ0v) is 17.2. The lowest BCUT2D eigenvalue weighted by Gasteiger charge is -2.31. The molecule has 1 aromatic carbocycles. The fourth-order valence-electron chi connectivity index (χ4n) is 5.33. The second-order valence-electron chi connectivity index (χ2n) is 8.38. The van der Waals surface area contributed by atoms with Crippen molar-refractivity contribution in [2.24, 2.45) is 5.92 Å². The van der Waals surface area contributed by atoms with Crippen LogP contribution in [0.4, 0.5) is 0 Å². The molecule has 1 saturated heterocycles. The summed E-state index contributed by atoms with van der Waals surface area (Å²) in [6, 6.07) is 5.84. The highest BCUT2D eigenvalue weighted by molar-refractivity contribution is 5.90. The zero-order chi connectivity index (χ0) is 18.4. The number of hydrogen-bond acceptors (Lipinski definition) is 4. The number of halogens is 1. The van der Waals surface area contributed by atoms with Crippen LogP contribution in [0.5, 0.6) is 5.75 Å². The Kier molecular flexibility index (Phi) is 5.57. The third-order valence-electron chi connectivity index (χ3n) is 6.75. The van der Waals surface area contributed by atoms with E-state index in [1.807, 2.05) is 6.07 Å². The Morgan fingerprint density at radius 2 is 2.04 bits per heavy atom. The molecule has 2 fully saturated rings. The number of nitrogens with zero attached hydrogens (tertiary/aromatic N) is 1. The van der Waals surface area contributed by atoms with E-state index in [0.29, 0.717) is 18.4 Å². The van der Waals surface area contributed by atoms with Crippen molar-refractivity contribution in [1.29, 1.82) is 0 Å². The SMILES string of the molecule is COc1ccc2[nH]c3c(c2c1)C1CCN(C1)C3C(=O)OCC1CCCCC1.Cl. The van der Waals surface area contributed by atoms with Gasteiger partial charge in [-0.25, -0.2) is 4.79 Å². The lowest BCUT2D eigenvalue weighted by atomic mass is 9.89. The fourth-order valence-corrected chi connectivity index (χ4v) is 5.33. The average molecular weight is 405 g/mol. The Balaban J connectivity index is 0.00000192. The highest BCUT2D eigenvalue weighted by Crippen LogP contribution is 2.46. The van der Waals surface area contributed by atoms with Crippen LogP contribution < -0.4 is 4.74 Å². The average Bonchev–Trinajstić information content (AvgIpc) is 3.29. The number of H-pyrrole nitrogens is 1. The first-order chi connectivity index (χ1) is 13.2. The Hall–Kier alpha value is -1.72. The number of methoxy groups -OCH3 is 1. The van der Waals surface area contributed by atoms with Crippen LogP contribution in [-0.4, -0.2) is 42.7 Å². The van der Waals surface area contributed by atoms with Gasteiger partial charge in [-0.3, -0.25) is 4.90 Å². The number of ether oxygens (including phenoxy) is 2. The topological polar surface area (TPSA) is 54.6 Å². The monoisotopic (exact) mass is 404 g/mol. The Morgan fingerprint density at radius 3 is 2.82 bits per heavy atom. The summed E-state index contributed by atoms with van der Waals surface area (Å²) in [5.74, 6) is 1.81. The van der Waals surface area contributed by atoms with Gasteiger partial charge in [-0.1, -0.05) is 19.3 Å². The van der Waals surface area contributed by atoms with Crippen LogP contribution in [0.2, 0.25) is 0 Å². The van der Waals surface area contributed by atoms with Crippen LogP contribution >= 0.6 is 12.4 Å². The molecule has 2 bridgehead atoms. The van der Waals surface area contributed by atoms with Gasteiger partial charge in [-0.05, 0) is 55.5 Å². The van der Waals surface area contributed by atoms with Crippen molar-refractivity contribution in [3.8, 4) is 5.75 Å². The molecule has 3 heterocycles. The van der Waals surface area contributed by atoms with E-state index in [2.05, 4.69) is 22.0 Å². The maximum Gasteiger partial charge on any atom is 0.329 e. The molecule has 152 valence electrons. The summed E-state index contributed by atoms with van der Waals surface area (Å²) in [6.45, 7) is 2.48. The molecule has 1 aliphatic carbocycles. The molecule has 5 rings (SSSR count). The molecule has 3 unspecified atom stereocenters. The van der Waals surface area contributed by atoms with Crippen LogP contribution in [0.25, 0.3) is 10.9 Å². The molecular formula is C22H29ClN2O3. The lowest BCUT2D eigenvalue weighted by molar-refractivity contribution is -0.152. The predicted molar refractivity (Wildman–Crippen MR) is 111 cm³/mol. The molecule has 1 N–H and O–H groups in total. The number of hydrogen-bond donors (Lipinski definition) is 1. The maximum absolute atomic E-state index is 13.1. The highest BCUT2D eigenvalue weighted by Gasteiger charge is 2.44. The van der Waals surface area contributed by atoms with Crippen molar-refractivity contribution < 1.29 is 14.3 Å². The molecule has 1 aromatic heterocycles. The van der Waals surface area contributed by atoms with E-state index in [0.717, 1.165) is 36.5 Å². The Labute approximate surface area is 172 Å². The standard InChI is InChI=1S/C22H28N2O3.ClH/c1-26-16-7-8-18-17(11-16)19-15-9-10-24(12-15)21(20(19)23-18)22(25)27-13-14-5-3-2-4-6-14;/h7-8,11,14-15,21,23H,2-6,9-10,12-13H2,1H3;1H. The van der Waals surface area contributed by atoms with Gasteiger partial charge in [0, 0.05) is 29.1 Å². The molecule has 0 amide bonds. The van der Waals surface area contributed by atoms with E-state index in [9.17, 15) is 4.79 Å². The fraction of sp³-hybridized carbons (Fsp3) is 0.591. The van der Waals surface area contributed by atoms with E-state index in [4.69, 9.17) is 9.47 Å². The Bertz CT molecular complexity index is 859.